The van der Waals surface area contributed by atoms with Gasteiger partial charge in [0.25, 0.3) is 5.91 Å². The van der Waals surface area contributed by atoms with E-state index in [4.69, 9.17) is 0 Å². The third kappa shape index (κ3) is 3.66. The maximum absolute atomic E-state index is 13.9. The number of aromatic nitrogens is 3. The fraction of sp³-hybridized carbons (Fsp3) is 0.0455. The van der Waals surface area contributed by atoms with Gasteiger partial charge in [0.2, 0.25) is 5.95 Å². The number of benzene rings is 3. The Hall–Kier alpha value is -3.80. The molecule has 0 radical (unpaired) electrons. The highest BCUT2D eigenvalue weighted by molar-refractivity contribution is 5.97. The molecule has 5 nitrogen and oxygen atoms in total. The van der Waals surface area contributed by atoms with Crippen molar-refractivity contribution >= 4 is 11.9 Å². The summed E-state index contributed by atoms with van der Waals surface area (Å²) in [7, 11) is 0. The fourth-order valence-electron chi connectivity index (χ4n) is 2.80. The van der Waals surface area contributed by atoms with Crippen molar-refractivity contribution in [2.24, 2.45) is 0 Å². The number of halogens is 1. The lowest BCUT2D eigenvalue weighted by Gasteiger charge is -2.08. The summed E-state index contributed by atoms with van der Waals surface area (Å²) in [6.45, 7) is 0.182. The Morgan fingerprint density at radius 2 is 1.54 bits per heavy atom. The fourth-order valence-corrected chi connectivity index (χ4v) is 2.80. The normalized spacial score (nSPS) is 10.6. The summed E-state index contributed by atoms with van der Waals surface area (Å²) >= 11 is 0. The third-order valence-electron chi connectivity index (χ3n) is 4.25. The number of nitrogens with one attached hydrogen (secondary N) is 1. The SMILES string of the molecule is O=C(c1ccccc1)n1nc(-c2ccccc2)nc1NCc1ccccc1F. The van der Waals surface area contributed by atoms with Crippen molar-refractivity contribution in [1.29, 1.82) is 0 Å². The van der Waals surface area contributed by atoms with Crippen molar-refractivity contribution in [3.8, 4) is 11.4 Å². The Morgan fingerprint density at radius 1 is 0.893 bits per heavy atom. The van der Waals surface area contributed by atoms with Gasteiger partial charge in [0.1, 0.15) is 5.82 Å². The van der Waals surface area contributed by atoms with E-state index in [2.05, 4.69) is 15.4 Å². The van der Waals surface area contributed by atoms with Crippen LogP contribution in [0, 0.1) is 5.82 Å². The van der Waals surface area contributed by atoms with Crippen LogP contribution in [0.3, 0.4) is 0 Å². The van der Waals surface area contributed by atoms with E-state index in [0.29, 0.717) is 17.0 Å². The van der Waals surface area contributed by atoms with Gasteiger partial charge in [-0.3, -0.25) is 4.79 Å². The van der Waals surface area contributed by atoms with E-state index in [1.165, 1.54) is 10.7 Å². The zero-order valence-electron chi connectivity index (χ0n) is 14.9. The summed E-state index contributed by atoms with van der Waals surface area (Å²) in [4.78, 5) is 17.4. The van der Waals surface area contributed by atoms with E-state index in [1.54, 1.807) is 42.5 Å². The van der Waals surface area contributed by atoms with Crippen LogP contribution in [0.2, 0.25) is 0 Å². The van der Waals surface area contributed by atoms with E-state index >= 15 is 0 Å². The average Bonchev–Trinajstić information content (AvgIpc) is 3.18. The van der Waals surface area contributed by atoms with E-state index in [9.17, 15) is 9.18 Å². The first-order chi connectivity index (χ1) is 13.7. The number of rotatable bonds is 5. The average molecular weight is 372 g/mol. The number of carbonyl (C=O) groups excluding carboxylic acids is 1. The molecule has 3 aromatic carbocycles. The lowest BCUT2D eigenvalue weighted by molar-refractivity contribution is 0.0947. The van der Waals surface area contributed by atoms with Crippen molar-refractivity contribution in [2.45, 2.75) is 6.54 Å². The molecule has 0 saturated heterocycles. The number of anilines is 1. The van der Waals surface area contributed by atoms with Crippen LogP contribution in [-0.2, 0) is 6.54 Å². The Kier molecular flexibility index (Phi) is 4.93. The predicted octanol–water partition coefficient (Wildman–Crippen LogP) is 4.38. The van der Waals surface area contributed by atoms with Crippen molar-refractivity contribution in [3.63, 3.8) is 0 Å². The van der Waals surface area contributed by atoms with Crippen molar-refractivity contribution in [2.75, 3.05) is 5.32 Å². The van der Waals surface area contributed by atoms with Gasteiger partial charge < -0.3 is 5.32 Å². The van der Waals surface area contributed by atoms with E-state index < -0.39 is 0 Å². The van der Waals surface area contributed by atoms with Gasteiger partial charge in [-0.2, -0.15) is 9.67 Å². The molecule has 0 saturated carbocycles. The highest BCUT2D eigenvalue weighted by Gasteiger charge is 2.18. The Bertz CT molecular complexity index is 1090. The van der Waals surface area contributed by atoms with Gasteiger partial charge in [-0.25, -0.2) is 4.39 Å². The first kappa shape index (κ1) is 17.6. The molecule has 4 rings (SSSR count). The van der Waals surface area contributed by atoms with Gasteiger partial charge >= 0.3 is 0 Å². The number of hydrogen-bond acceptors (Lipinski definition) is 4. The number of hydrogen-bond donors (Lipinski definition) is 1. The molecule has 138 valence electrons. The van der Waals surface area contributed by atoms with Crippen LogP contribution in [0.25, 0.3) is 11.4 Å². The van der Waals surface area contributed by atoms with E-state index in [0.717, 1.165) is 5.56 Å². The minimum absolute atomic E-state index is 0.182. The second-order valence-electron chi connectivity index (χ2n) is 6.15. The molecule has 4 aromatic rings. The quantitative estimate of drug-likeness (QED) is 0.565. The van der Waals surface area contributed by atoms with Crippen LogP contribution in [0.1, 0.15) is 15.9 Å². The zero-order valence-corrected chi connectivity index (χ0v) is 14.9. The molecule has 28 heavy (non-hydrogen) atoms. The van der Waals surface area contributed by atoms with E-state index in [1.807, 2.05) is 36.4 Å². The standard InChI is InChI=1S/C22H17FN4O/c23-19-14-8-7-13-18(19)15-24-22-25-20(16-9-3-1-4-10-16)26-27(22)21(28)17-11-5-2-6-12-17/h1-14H,15H2,(H,24,25,26). The zero-order chi connectivity index (χ0) is 19.3. The molecule has 1 heterocycles. The first-order valence-electron chi connectivity index (χ1n) is 8.82. The van der Waals surface area contributed by atoms with Gasteiger partial charge in [0.15, 0.2) is 5.82 Å². The van der Waals surface area contributed by atoms with Crippen LogP contribution >= 0.6 is 0 Å². The predicted molar refractivity (Wildman–Crippen MR) is 105 cm³/mol. The van der Waals surface area contributed by atoms with Crippen LogP contribution in [0.15, 0.2) is 84.9 Å². The van der Waals surface area contributed by atoms with Crippen LogP contribution in [-0.4, -0.2) is 20.7 Å². The number of nitrogens with zero attached hydrogens (tertiary/aromatic N) is 3. The molecule has 0 aliphatic carbocycles. The topological polar surface area (TPSA) is 59.8 Å². The van der Waals surface area contributed by atoms with E-state index in [-0.39, 0.29) is 24.2 Å². The monoisotopic (exact) mass is 372 g/mol. The maximum atomic E-state index is 13.9. The summed E-state index contributed by atoms with van der Waals surface area (Å²) in [5.74, 6) is 0.0434. The van der Waals surface area contributed by atoms with Gasteiger partial charge in [-0.1, -0.05) is 66.7 Å². The summed E-state index contributed by atoms with van der Waals surface area (Å²) in [5, 5.41) is 7.43. The van der Waals surface area contributed by atoms with Crippen LogP contribution < -0.4 is 5.32 Å². The summed E-state index contributed by atoms with van der Waals surface area (Å²) in [6.07, 6.45) is 0. The minimum atomic E-state index is -0.321. The number of carbonyl (C=O) groups is 1. The summed E-state index contributed by atoms with van der Waals surface area (Å²) in [5.41, 5.74) is 1.75. The molecule has 0 amide bonds. The Labute approximate surface area is 161 Å². The molecule has 0 aliphatic rings. The molecule has 1 aromatic heterocycles. The molecular weight excluding hydrogens is 355 g/mol. The summed E-state index contributed by atoms with van der Waals surface area (Å²) in [6, 6.07) is 24.7. The van der Waals surface area contributed by atoms with Gasteiger partial charge in [0.05, 0.1) is 0 Å². The minimum Gasteiger partial charge on any atom is -0.350 e. The summed E-state index contributed by atoms with van der Waals surface area (Å²) < 4.78 is 15.2. The highest BCUT2D eigenvalue weighted by atomic mass is 19.1. The molecule has 0 fully saturated rings. The van der Waals surface area contributed by atoms with Gasteiger partial charge in [-0.05, 0) is 18.2 Å². The van der Waals surface area contributed by atoms with Crippen molar-refractivity contribution in [3.05, 3.63) is 102 Å². The van der Waals surface area contributed by atoms with Crippen molar-refractivity contribution < 1.29 is 9.18 Å². The molecule has 0 aliphatic heterocycles. The molecule has 1 N–H and O–H groups in total. The highest BCUT2D eigenvalue weighted by Crippen LogP contribution is 2.19. The Morgan fingerprint density at radius 3 is 2.25 bits per heavy atom. The van der Waals surface area contributed by atoms with Crippen molar-refractivity contribution in [1.82, 2.24) is 14.8 Å². The second kappa shape index (κ2) is 7.84. The van der Waals surface area contributed by atoms with Gasteiger partial charge in [-0.15, -0.1) is 5.10 Å². The molecular formula is C22H17FN4O. The van der Waals surface area contributed by atoms with Crippen LogP contribution in [0.5, 0.6) is 0 Å². The first-order valence-corrected chi connectivity index (χ1v) is 8.82. The second-order valence-corrected chi connectivity index (χ2v) is 6.15. The molecule has 0 unspecified atom stereocenters. The Balaban J connectivity index is 1.70. The lowest BCUT2D eigenvalue weighted by Crippen LogP contribution is -2.17. The molecule has 6 heteroatoms. The largest absolute Gasteiger partial charge is 0.350 e. The smallest absolute Gasteiger partial charge is 0.281 e. The molecule has 0 atom stereocenters. The van der Waals surface area contributed by atoms with Gasteiger partial charge in [0, 0.05) is 23.2 Å². The van der Waals surface area contributed by atoms with Crippen LogP contribution in [0.4, 0.5) is 10.3 Å². The maximum Gasteiger partial charge on any atom is 0.281 e. The third-order valence-corrected chi connectivity index (χ3v) is 4.25. The lowest BCUT2D eigenvalue weighted by atomic mass is 10.2. The molecule has 0 spiro atoms. The molecule has 0 bridgehead atoms.